The maximum atomic E-state index is 13.7. The van der Waals surface area contributed by atoms with E-state index in [9.17, 15) is 22.8 Å². The van der Waals surface area contributed by atoms with Crippen LogP contribution in [0.3, 0.4) is 0 Å². The Morgan fingerprint density at radius 1 is 1.00 bits per heavy atom. The summed E-state index contributed by atoms with van der Waals surface area (Å²) in [4.78, 5) is 35.7. The van der Waals surface area contributed by atoms with Gasteiger partial charge in [-0.25, -0.2) is 9.67 Å². The van der Waals surface area contributed by atoms with Crippen molar-refractivity contribution in [3.05, 3.63) is 106 Å². The van der Waals surface area contributed by atoms with Crippen molar-refractivity contribution in [2.75, 3.05) is 5.32 Å². The van der Waals surface area contributed by atoms with E-state index in [1.54, 1.807) is 12.3 Å². The highest BCUT2D eigenvalue weighted by molar-refractivity contribution is 6.31. The van der Waals surface area contributed by atoms with Gasteiger partial charge in [-0.1, -0.05) is 48.4 Å². The highest BCUT2D eigenvalue weighted by Crippen LogP contribution is 2.34. The standard InChI is InChI=1S/C31H25ClF3N7O2/c1-18-5-2-9-25(19-6-3-7-20(13-19)29-23(38-30(18)44)8-4-12-36-29)41-17-37-24(15-28(41)43)22-14-21(32)10-11-26(22)42-16-27(39-40-42)31(33,34)35/h3-4,6-8,10-18,25H,2,5,9H2,1H3,(H,38,44). The number of carbonyl (C=O) groups is 1. The molecule has 0 spiro atoms. The lowest BCUT2D eigenvalue weighted by molar-refractivity contribution is -0.141. The topological polar surface area (TPSA) is 108 Å². The number of hydrogen-bond donors (Lipinski definition) is 1. The molecule has 2 aromatic carbocycles. The van der Waals surface area contributed by atoms with Crippen LogP contribution in [0, 0.1) is 5.92 Å². The van der Waals surface area contributed by atoms with Crippen molar-refractivity contribution in [1.29, 1.82) is 0 Å². The molecule has 1 amide bonds. The summed E-state index contributed by atoms with van der Waals surface area (Å²) < 4.78 is 42.1. The number of alkyl halides is 3. The zero-order chi connectivity index (χ0) is 31.0. The molecule has 1 aliphatic rings. The molecule has 1 N–H and O–H groups in total. The van der Waals surface area contributed by atoms with Gasteiger partial charge in [0.2, 0.25) is 5.91 Å². The molecule has 44 heavy (non-hydrogen) atoms. The van der Waals surface area contributed by atoms with Crippen LogP contribution < -0.4 is 10.9 Å². The van der Waals surface area contributed by atoms with E-state index in [1.165, 1.54) is 35.2 Å². The first-order chi connectivity index (χ1) is 21.1. The van der Waals surface area contributed by atoms with Gasteiger partial charge in [0.05, 0.1) is 41.3 Å². The van der Waals surface area contributed by atoms with Crippen LogP contribution in [-0.4, -0.2) is 35.4 Å². The van der Waals surface area contributed by atoms with Crippen LogP contribution in [0.15, 0.2) is 84.2 Å². The number of amides is 1. The fraction of sp³-hybridized carbons (Fsp3) is 0.226. The van der Waals surface area contributed by atoms with E-state index in [-0.39, 0.29) is 28.8 Å². The van der Waals surface area contributed by atoms with Crippen LogP contribution in [0.2, 0.25) is 5.02 Å². The van der Waals surface area contributed by atoms with Crippen molar-refractivity contribution in [1.82, 2.24) is 29.5 Å². The number of hydrogen-bond acceptors (Lipinski definition) is 6. The summed E-state index contributed by atoms with van der Waals surface area (Å²) in [5.74, 6) is -0.377. The van der Waals surface area contributed by atoms with Crippen molar-refractivity contribution in [3.63, 3.8) is 0 Å². The van der Waals surface area contributed by atoms with Gasteiger partial charge in [-0.2, -0.15) is 13.2 Å². The smallest absolute Gasteiger partial charge is 0.324 e. The Balaban J connectivity index is 1.42. The highest BCUT2D eigenvalue weighted by Gasteiger charge is 2.35. The summed E-state index contributed by atoms with van der Waals surface area (Å²) >= 11 is 6.24. The summed E-state index contributed by atoms with van der Waals surface area (Å²) in [7, 11) is 0. The molecule has 9 nitrogen and oxygen atoms in total. The molecule has 0 radical (unpaired) electrons. The highest BCUT2D eigenvalue weighted by atomic mass is 35.5. The molecule has 0 saturated heterocycles. The van der Waals surface area contributed by atoms with E-state index < -0.39 is 17.9 Å². The molecule has 2 bridgehead atoms. The van der Waals surface area contributed by atoms with Gasteiger partial charge >= 0.3 is 6.18 Å². The lowest BCUT2D eigenvalue weighted by Gasteiger charge is -2.23. The number of halogens is 4. The van der Waals surface area contributed by atoms with Crippen LogP contribution >= 0.6 is 11.6 Å². The number of fused-ring (bicyclic) bond motifs is 4. The molecule has 224 valence electrons. The molecule has 0 fully saturated rings. The molecule has 1 aliphatic heterocycles. The van der Waals surface area contributed by atoms with Gasteiger partial charge < -0.3 is 5.32 Å². The van der Waals surface area contributed by atoms with Crippen molar-refractivity contribution in [2.24, 2.45) is 5.92 Å². The molecule has 0 saturated carbocycles. The van der Waals surface area contributed by atoms with E-state index in [0.29, 0.717) is 41.2 Å². The van der Waals surface area contributed by atoms with Crippen LogP contribution in [0.1, 0.15) is 43.5 Å². The van der Waals surface area contributed by atoms with E-state index in [4.69, 9.17) is 11.6 Å². The monoisotopic (exact) mass is 619 g/mol. The lowest BCUT2D eigenvalue weighted by Crippen LogP contribution is -2.26. The van der Waals surface area contributed by atoms with Gasteiger partial charge in [0.15, 0.2) is 5.69 Å². The number of aromatic nitrogens is 6. The van der Waals surface area contributed by atoms with Crippen LogP contribution in [0.5, 0.6) is 0 Å². The first kappa shape index (κ1) is 29.2. The number of benzene rings is 2. The molecule has 0 aliphatic carbocycles. The minimum Gasteiger partial charge on any atom is -0.324 e. The third-order valence-corrected chi connectivity index (χ3v) is 7.84. The minimum absolute atomic E-state index is 0.109. The number of nitrogens with one attached hydrogen (secondary N) is 1. The van der Waals surface area contributed by atoms with Crippen LogP contribution in [0.4, 0.5) is 18.9 Å². The van der Waals surface area contributed by atoms with E-state index in [2.05, 4.69) is 25.6 Å². The summed E-state index contributed by atoms with van der Waals surface area (Å²) in [6, 6.07) is 16.6. The fourth-order valence-electron chi connectivity index (χ4n) is 5.32. The molecule has 13 heteroatoms. The fourth-order valence-corrected chi connectivity index (χ4v) is 5.49. The van der Waals surface area contributed by atoms with Crippen molar-refractivity contribution in [3.8, 4) is 28.2 Å². The lowest BCUT2D eigenvalue weighted by atomic mass is 9.94. The number of nitrogens with zero attached hydrogens (tertiary/aromatic N) is 6. The minimum atomic E-state index is -4.67. The third kappa shape index (κ3) is 5.85. The van der Waals surface area contributed by atoms with Crippen molar-refractivity contribution in [2.45, 2.75) is 38.4 Å². The summed E-state index contributed by atoms with van der Waals surface area (Å²) in [6.45, 7) is 1.86. The van der Waals surface area contributed by atoms with Gasteiger partial charge in [0.25, 0.3) is 5.56 Å². The first-order valence-corrected chi connectivity index (χ1v) is 14.2. The number of anilines is 1. The zero-order valence-corrected chi connectivity index (χ0v) is 24.0. The molecule has 3 aromatic heterocycles. The van der Waals surface area contributed by atoms with Gasteiger partial charge in [0.1, 0.15) is 0 Å². The van der Waals surface area contributed by atoms with Crippen LogP contribution in [0.25, 0.3) is 28.2 Å². The molecule has 5 aromatic rings. The van der Waals surface area contributed by atoms with E-state index in [0.717, 1.165) is 22.0 Å². The van der Waals surface area contributed by atoms with Crippen LogP contribution in [-0.2, 0) is 11.0 Å². The Hall–Kier alpha value is -4.84. The molecule has 6 rings (SSSR count). The second-order valence-electron chi connectivity index (χ2n) is 10.6. The predicted octanol–water partition coefficient (Wildman–Crippen LogP) is 6.57. The maximum Gasteiger partial charge on any atom is 0.436 e. The number of pyridine rings is 1. The Bertz CT molecular complexity index is 1920. The Morgan fingerprint density at radius 2 is 1.84 bits per heavy atom. The van der Waals surface area contributed by atoms with Gasteiger partial charge in [-0.3, -0.25) is 19.1 Å². The average Bonchev–Trinajstić information content (AvgIpc) is 3.51. The summed E-state index contributed by atoms with van der Waals surface area (Å²) in [5.41, 5.74) is 2.07. The number of rotatable bonds is 3. The van der Waals surface area contributed by atoms with E-state index >= 15 is 0 Å². The van der Waals surface area contributed by atoms with Crippen molar-refractivity contribution >= 4 is 23.2 Å². The van der Waals surface area contributed by atoms with Gasteiger partial charge in [-0.15, -0.1) is 5.10 Å². The first-order valence-electron chi connectivity index (χ1n) is 13.8. The van der Waals surface area contributed by atoms with E-state index in [1.807, 2.05) is 37.3 Å². The normalized spacial score (nSPS) is 17.2. The second-order valence-corrected chi connectivity index (χ2v) is 11.0. The number of carbonyl (C=O) groups excluding carboxylic acids is 1. The molecule has 4 heterocycles. The zero-order valence-electron chi connectivity index (χ0n) is 23.3. The summed E-state index contributed by atoms with van der Waals surface area (Å²) in [5, 5.41) is 10.2. The Morgan fingerprint density at radius 3 is 2.61 bits per heavy atom. The molecular weight excluding hydrogens is 595 g/mol. The third-order valence-electron chi connectivity index (χ3n) is 7.61. The Labute approximate surface area is 254 Å². The SMILES string of the molecule is CC1CCCC(n2cnc(-c3cc(Cl)ccc3-n3cc(C(F)(F)F)nn3)cc2=O)c2cccc(c2)-c2ncccc2NC1=O. The second kappa shape index (κ2) is 11.7. The van der Waals surface area contributed by atoms with Gasteiger partial charge in [-0.05, 0) is 54.8 Å². The van der Waals surface area contributed by atoms with Crippen molar-refractivity contribution < 1.29 is 18.0 Å². The molecular formula is C31H25ClF3N7O2. The quantitative estimate of drug-likeness (QED) is 0.245. The Kier molecular flexibility index (Phi) is 7.76. The largest absolute Gasteiger partial charge is 0.436 e. The molecule has 2 unspecified atom stereocenters. The maximum absolute atomic E-state index is 13.7. The summed E-state index contributed by atoms with van der Waals surface area (Å²) in [6.07, 6.45) is 0.986. The molecule has 2 atom stereocenters. The predicted molar refractivity (Wildman–Crippen MR) is 158 cm³/mol. The van der Waals surface area contributed by atoms with Gasteiger partial charge in [0, 0.05) is 34.3 Å². The average molecular weight is 620 g/mol.